The maximum Gasteiger partial charge on any atom is 0.128 e. The molecule has 0 unspecified atom stereocenters. The number of aromatic nitrogens is 1. The van der Waals surface area contributed by atoms with E-state index in [0.717, 1.165) is 5.03 Å². The zero-order valence-electron chi connectivity index (χ0n) is 10.8. The molecule has 0 aliphatic heterocycles. The normalized spacial score (nSPS) is 9.90. The van der Waals surface area contributed by atoms with E-state index in [0.29, 0.717) is 23.3 Å². The zero-order chi connectivity index (χ0) is 14.2. The molecule has 2 rings (SSSR count). The van der Waals surface area contributed by atoms with E-state index in [4.69, 9.17) is 5.11 Å². The number of benzene rings is 1. The number of rotatable bonds is 4. The van der Waals surface area contributed by atoms with Gasteiger partial charge < -0.3 is 5.11 Å². The van der Waals surface area contributed by atoms with E-state index in [1.165, 1.54) is 17.8 Å². The lowest BCUT2D eigenvalue weighted by molar-refractivity contribution is 0.305. The van der Waals surface area contributed by atoms with Crippen LogP contribution in [-0.4, -0.2) is 16.7 Å². The van der Waals surface area contributed by atoms with Crippen LogP contribution in [0.1, 0.15) is 17.5 Å². The molecule has 0 aliphatic rings. The molecule has 0 aliphatic carbocycles. The molecule has 1 aromatic heterocycles. The Morgan fingerprint density at radius 3 is 2.85 bits per heavy atom. The number of nitrogens with zero attached hydrogens (tertiary/aromatic N) is 1. The van der Waals surface area contributed by atoms with E-state index in [1.54, 1.807) is 18.3 Å². The summed E-state index contributed by atoms with van der Waals surface area (Å²) in [7, 11) is 0. The molecule has 0 radical (unpaired) electrons. The summed E-state index contributed by atoms with van der Waals surface area (Å²) in [6.45, 7) is 0.0221. The van der Waals surface area contributed by atoms with Crippen molar-refractivity contribution in [1.82, 2.24) is 4.98 Å². The molecule has 0 saturated carbocycles. The van der Waals surface area contributed by atoms with Crippen LogP contribution in [0.25, 0.3) is 0 Å². The molecule has 102 valence electrons. The first-order chi connectivity index (χ1) is 9.79. The summed E-state index contributed by atoms with van der Waals surface area (Å²) in [5.74, 6) is 5.87. The van der Waals surface area contributed by atoms with Crippen LogP contribution < -0.4 is 0 Å². The number of aliphatic hydroxyl groups excluding tert-OH is 1. The van der Waals surface area contributed by atoms with Crippen LogP contribution in [0.2, 0.25) is 0 Å². The van der Waals surface area contributed by atoms with Gasteiger partial charge in [-0.25, -0.2) is 9.37 Å². The molecule has 0 spiro atoms. The molecular formula is C16H14FNOS. The summed E-state index contributed by atoms with van der Waals surface area (Å²) in [6, 6.07) is 10.6. The topological polar surface area (TPSA) is 33.1 Å². The molecule has 2 nitrogen and oxygen atoms in total. The van der Waals surface area contributed by atoms with Crippen LogP contribution in [0.15, 0.2) is 47.6 Å². The van der Waals surface area contributed by atoms with Crippen molar-refractivity contribution < 1.29 is 9.50 Å². The van der Waals surface area contributed by atoms with Gasteiger partial charge in [-0.2, -0.15) is 0 Å². The third kappa shape index (κ3) is 4.37. The minimum atomic E-state index is -0.260. The van der Waals surface area contributed by atoms with Gasteiger partial charge in [0.2, 0.25) is 0 Å². The third-order valence-corrected chi connectivity index (χ3v) is 3.53. The SMILES string of the molecule is OCCC#Cc1ccc(CSc2ccccn2)c(F)c1. The fourth-order valence-corrected chi connectivity index (χ4v) is 2.39. The molecule has 1 aromatic carbocycles. The van der Waals surface area contributed by atoms with Gasteiger partial charge in [-0.3, -0.25) is 0 Å². The van der Waals surface area contributed by atoms with Crippen molar-refractivity contribution in [2.45, 2.75) is 17.2 Å². The Bertz CT molecular complexity index is 619. The predicted octanol–water partition coefficient (Wildman–Crippen LogP) is 3.25. The maximum absolute atomic E-state index is 13.9. The molecule has 1 N–H and O–H groups in total. The number of hydrogen-bond donors (Lipinski definition) is 1. The number of aliphatic hydroxyl groups is 1. The molecular weight excluding hydrogens is 273 g/mol. The van der Waals surface area contributed by atoms with Gasteiger partial charge >= 0.3 is 0 Å². The van der Waals surface area contributed by atoms with E-state index >= 15 is 0 Å². The van der Waals surface area contributed by atoms with Crippen LogP contribution in [0.4, 0.5) is 4.39 Å². The molecule has 4 heteroatoms. The van der Waals surface area contributed by atoms with Crippen LogP contribution in [0.5, 0.6) is 0 Å². The fourth-order valence-electron chi connectivity index (χ4n) is 1.55. The lowest BCUT2D eigenvalue weighted by atomic mass is 10.1. The highest BCUT2D eigenvalue weighted by atomic mass is 32.2. The zero-order valence-corrected chi connectivity index (χ0v) is 11.7. The van der Waals surface area contributed by atoms with Crippen molar-refractivity contribution in [3.05, 3.63) is 59.5 Å². The van der Waals surface area contributed by atoms with Gasteiger partial charge in [-0.1, -0.05) is 24.0 Å². The first-order valence-electron chi connectivity index (χ1n) is 6.21. The largest absolute Gasteiger partial charge is 0.395 e. The summed E-state index contributed by atoms with van der Waals surface area (Å²) >= 11 is 1.49. The van der Waals surface area contributed by atoms with Gasteiger partial charge in [-0.15, -0.1) is 11.8 Å². The smallest absolute Gasteiger partial charge is 0.128 e. The highest BCUT2D eigenvalue weighted by Gasteiger charge is 2.04. The third-order valence-electron chi connectivity index (χ3n) is 2.54. The minimum Gasteiger partial charge on any atom is -0.395 e. The molecule has 0 bridgehead atoms. The number of thioether (sulfide) groups is 1. The van der Waals surface area contributed by atoms with E-state index < -0.39 is 0 Å². The quantitative estimate of drug-likeness (QED) is 0.692. The Balaban J connectivity index is 2.01. The number of pyridine rings is 1. The lowest BCUT2D eigenvalue weighted by Crippen LogP contribution is -1.90. The van der Waals surface area contributed by atoms with Gasteiger partial charge in [-0.05, 0) is 29.8 Å². The predicted molar refractivity (Wildman–Crippen MR) is 78.8 cm³/mol. The first-order valence-corrected chi connectivity index (χ1v) is 7.20. The lowest BCUT2D eigenvalue weighted by Gasteiger charge is -2.03. The molecule has 20 heavy (non-hydrogen) atoms. The second kappa shape index (κ2) is 7.68. The molecule has 0 atom stereocenters. The Kier molecular flexibility index (Phi) is 5.60. The van der Waals surface area contributed by atoms with Crippen molar-refractivity contribution >= 4 is 11.8 Å². The van der Waals surface area contributed by atoms with Crippen molar-refractivity contribution in [3.8, 4) is 11.8 Å². The van der Waals surface area contributed by atoms with Gasteiger partial charge in [0, 0.05) is 23.9 Å². The first kappa shape index (κ1) is 14.6. The van der Waals surface area contributed by atoms with Crippen molar-refractivity contribution in [1.29, 1.82) is 0 Å². The summed E-state index contributed by atoms with van der Waals surface area (Å²) in [5, 5.41) is 9.51. The minimum absolute atomic E-state index is 0.0221. The molecule has 0 amide bonds. The number of hydrogen-bond acceptors (Lipinski definition) is 3. The molecule has 0 fully saturated rings. The number of halogens is 1. The van der Waals surface area contributed by atoms with Crippen molar-refractivity contribution in [3.63, 3.8) is 0 Å². The monoisotopic (exact) mass is 287 g/mol. The van der Waals surface area contributed by atoms with Crippen LogP contribution in [-0.2, 0) is 5.75 Å². The van der Waals surface area contributed by atoms with Gasteiger partial charge in [0.05, 0.1) is 11.6 Å². The summed E-state index contributed by atoms with van der Waals surface area (Å²) in [6.07, 6.45) is 2.12. The van der Waals surface area contributed by atoms with E-state index in [1.807, 2.05) is 18.2 Å². The summed E-state index contributed by atoms with van der Waals surface area (Å²) in [5.41, 5.74) is 1.26. The van der Waals surface area contributed by atoms with Crippen LogP contribution in [0.3, 0.4) is 0 Å². The molecule has 2 aromatic rings. The molecule has 1 heterocycles. The summed E-state index contributed by atoms with van der Waals surface area (Å²) < 4.78 is 13.9. The second-order valence-electron chi connectivity index (χ2n) is 4.04. The average Bonchev–Trinajstić information content (AvgIpc) is 2.48. The van der Waals surface area contributed by atoms with Gasteiger partial charge in [0.1, 0.15) is 5.82 Å². The Labute approximate surface area is 122 Å². The molecule has 0 saturated heterocycles. The summed E-state index contributed by atoms with van der Waals surface area (Å²) in [4.78, 5) is 4.19. The standard InChI is InChI=1S/C16H14FNOS/c17-15-11-13(5-2-4-10-19)7-8-14(15)12-20-16-6-1-3-9-18-16/h1,3,6-9,11,19H,4,10,12H2. The second-order valence-corrected chi connectivity index (χ2v) is 5.03. The van der Waals surface area contributed by atoms with Crippen molar-refractivity contribution in [2.24, 2.45) is 0 Å². The van der Waals surface area contributed by atoms with E-state index in [2.05, 4.69) is 16.8 Å². The Hall–Kier alpha value is -1.83. The Morgan fingerprint density at radius 1 is 1.25 bits per heavy atom. The van der Waals surface area contributed by atoms with E-state index in [9.17, 15) is 4.39 Å². The van der Waals surface area contributed by atoms with Crippen LogP contribution >= 0.6 is 11.8 Å². The van der Waals surface area contributed by atoms with Crippen LogP contribution in [0, 0.1) is 17.7 Å². The Morgan fingerprint density at radius 2 is 2.15 bits per heavy atom. The average molecular weight is 287 g/mol. The van der Waals surface area contributed by atoms with E-state index in [-0.39, 0.29) is 12.4 Å². The van der Waals surface area contributed by atoms with Crippen molar-refractivity contribution in [2.75, 3.05) is 6.61 Å². The highest BCUT2D eigenvalue weighted by molar-refractivity contribution is 7.98. The van der Waals surface area contributed by atoms with Gasteiger partial charge in [0.15, 0.2) is 0 Å². The highest BCUT2D eigenvalue weighted by Crippen LogP contribution is 2.22. The fraction of sp³-hybridized carbons (Fsp3) is 0.188. The van der Waals surface area contributed by atoms with Gasteiger partial charge in [0.25, 0.3) is 0 Å². The maximum atomic E-state index is 13.9.